The van der Waals surface area contributed by atoms with E-state index < -0.39 is 82.8 Å². The number of nitrogens with zero attached hydrogens (tertiary/aromatic N) is 1. The number of aliphatic hydroxyl groups is 2. The van der Waals surface area contributed by atoms with Crippen LogP contribution in [0.3, 0.4) is 0 Å². The van der Waals surface area contributed by atoms with E-state index in [1.807, 2.05) is 48.5 Å². The minimum Gasteiger partial charge on any atom is -0.390 e. The predicted molar refractivity (Wildman–Crippen MR) is 301 cm³/mol. The summed E-state index contributed by atoms with van der Waals surface area (Å²) in [6.45, 7) is 13.1. The number of carbonyl (C=O) groups excluding carboxylic acids is 5. The quantitative estimate of drug-likeness (QED) is 0.0599. The maximum absolute atomic E-state index is 17.9. The first-order valence-corrected chi connectivity index (χ1v) is 29.2. The number of fused-ring (bicyclic) bond motifs is 7. The molecule has 2 aliphatic heterocycles. The van der Waals surface area contributed by atoms with Gasteiger partial charge in [-0.1, -0.05) is 80.3 Å². The highest BCUT2D eigenvalue weighted by molar-refractivity contribution is 6.13. The van der Waals surface area contributed by atoms with Crippen molar-refractivity contribution in [2.45, 2.75) is 94.7 Å². The molecule has 4 aliphatic carbocycles. The van der Waals surface area contributed by atoms with Crippen molar-refractivity contribution in [2.75, 3.05) is 125 Å². The van der Waals surface area contributed by atoms with E-state index in [0.717, 1.165) is 21.6 Å². The van der Waals surface area contributed by atoms with Crippen LogP contribution in [0.4, 0.5) is 8.78 Å². The lowest BCUT2D eigenvalue weighted by Gasteiger charge is -2.63. The molecule has 4 fully saturated rings. The van der Waals surface area contributed by atoms with Gasteiger partial charge in [-0.3, -0.25) is 28.9 Å². The first kappa shape index (κ1) is 64.7. The minimum atomic E-state index is -2.22. The Balaban J connectivity index is 0.616. The molecule has 19 nitrogen and oxygen atoms in total. The second-order valence-corrected chi connectivity index (χ2v) is 22.5. The molecule has 1 saturated heterocycles. The first-order chi connectivity index (χ1) is 40.5. The second kappa shape index (κ2) is 30.4. The van der Waals surface area contributed by atoms with Crippen LogP contribution < -0.4 is 5.32 Å². The second-order valence-electron chi connectivity index (χ2n) is 22.5. The van der Waals surface area contributed by atoms with Crippen LogP contribution in [-0.4, -0.2) is 199 Å². The lowest BCUT2D eigenvalue weighted by Crippen LogP contribution is -2.70. The monoisotopic (exact) mass is 1180 g/mol. The van der Waals surface area contributed by atoms with E-state index in [2.05, 4.69) is 11.9 Å². The number of imide groups is 1. The summed E-state index contributed by atoms with van der Waals surface area (Å²) < 4.78 is 91.4. The van der Waals surface area contributed by atoms with Crippen LogP contribution in [0.5, 0.6) is 0 Å². The van der Waals surface area contributed by atoms with E-state index in [-0.39, 0.29) is 68.9 Å². The third kappa shape index (κ3) is 15.1. The van der Waals surface area contributed by atoms with Crippen molar-refractivity contribution in [3.8, 4) is 0 Å². The molecule has 0 spiro atoms. The van der Waals surface area contributed by atoms with Crippen molar-refractivity contribution in [1.82, 2.24) is 10.2 Å². The highest BCUT2D eigenvalue weighted by Gasteiger charge is 2.80. The lowest BCUT2D eigenvalue weighted by atomic mass is 9.44. The van der Waals surface area contributed by atoms with Gasteiger partial charge in [0, 0.05) is 66.8 Å². The van der Waals surface area contributed by atoms with Crippen molar-refractivity contribution in [3.05, 3.63) is 119 Å². The molecule has 0 bridgehead atoms. The summed E-state index contributed by atoms with van der Waals surface area (Å²) in [4.78, 5) is 62.8. The Bertz CT molecular complexity index is 2670. The summed E-state index contributed by atoms with van der Waals surface area (Å²) in [6, 6.07) is 15.5. The van der Waals surface area contributed by atoms with E-state index in [1.165, 1.54) is 12.2 Å². The number of nitrogens with one attached hydrogen (secondary N) is 1. The lowest BCUT2D eigenvalue weighted by molar-refractivity contribution is -0.235. The van der Waals surface area contributed by atoms with Gasteiger partial charge in [-0.2, -0.15) is 0 Å². The fourth-order valence-corrected chi connectivity index (χ4v) is 13.0. The number of amides is 3. The molecule has 6 aliphatic rings. The van der Waals surface area contributed by atoms with Gasteiger partial charge in [-0.25, -0.2) is 8.78 Å². The number of hydrogen-bond acceptors (Lipinski definition) is 17. The third-order valence-electron chi connectivity index (χ3n) is 17.2. The average Bonchev–Trinajstić information content (AvgIpc) is 1.39. The molecule has 0 aromatic heterocycles. The number of allylic oxidation sites excluding steroid dienone is 5. The number of Topliss-reactive ketones (excluding diaryl/α,β-unsaturated/α-hetero) is 2. The molecule has 10 atom stereocenters. The number of halogens is 2. The van der Waals surface area contributed by atoms with Gasteiger partial charge >= 0.3 is 0 Å². The van der Waals surface area contributed by atoms with Gasteiger partial charge < -0.3 is 62.9 Å². The Labute approximate surface area is 489 Å². The molecule has 2 aromatic rings. The fraction of sp³-hybridized carbons (Fsp3) is 0.603. The van der Waals surface area contributed by atoms with Gasteiger partial charge in [0.1, 0.15) is 18.6 Å². The number of benzene rings is 2. The minimum absolute atomic E-state index is 0.0339. The summed E-state index contributed by atoms with van der Waals surface area (Å²) >= 11 is 0. The molecular formula is C63H82F2N2O17. The van der Waals surface area contributed by atoms with E-state index >= 15 is 8.78 Å². The van der Waals surface area contributed by atoms with Crippen molar-refractivity contribution in [1.29, 1.82) is 0 Å². The number of carbonyl (C=O) groups is 5. The van der Waals surface area contributed by atoms with Gasteiger partial charge in [-0.05, 0) is 66.4 Å². The maximum atomic E-state index is 17.9. The molecule has 21 heteroatoms. The molecule has 3 N–H and O–H groups in total. The highest BCUT2D eigenvalue weighted by Crippen LogP contribution is 2.72. The summed E-state index contributed by atoms with van der Waals surface area (Å²) in [7, 11) is 0. The Morgan fingerprint density at radius 2 is 1.29 bits per heavy atom. The number of ether oxygens (including phenoxy) is 10. The van der Waals surface area contributed by atoms with Crippen LogP contribution in [0.2, 0.25) is 0 Å². The van der Waals surface area contributed by atoms with Crippen molar-refractivity contribution in [3.63, 3.8) is 0 Å². The van der Waals surface area contributed by atoms with Crippen LogP contribution in [0.1, 0.15) is 74.5 Å². The van der Waals surface area contributed by atoms with Crippen LogP contribution in [-0.2, 0) is 84.2 Å². The van der Waals surface area contributed by atoms with Gasteiger partial charge in [0.2, 0.25) is 5.91 Å². The Hall–Kier alpha value is -5.27. The molecule has 0 unspecified atom stereocenters. The molecule has 2 heterocycles. The summed E-state index contributed by atoms with van der Waals surface area (Å²) in [5.41, 5.74) is -2.12. The molecule has 0 radical (unpaired) electrons. The molecule has 8 rings (SSSR count). The van der Waals surface area contributed by atoms with Crippen LogP contribution in [0.15, 0.2) is 96.6 Å². The van der Waals surface area contributed by atoms with Crippen LogP contribution >= 0.6 is 0 Å². The van der Waals surface area contributed by atoms with Crippen molar-refractivity contribution < 1.29 is 90.3 Å². The number of alkyl halides is 2. The Morgan fingerprint density at radius 1 is 0.726 bits per heavy atom. The van der Waals surface area contributed by atoms with Crippen molar-refractivity contribution in [2.24, 2.45) is 22.7 Å². The SMILES string of the molecule is C=C1C=C[C@@]2(C)C(=C1)[C@@H](F)C[C@H]1[C@@H]3C[C@H]4O[C@@H](c5ccc(Cc6cccc(CC(=O)CCOCCOCCOCCOCCOCCOCCOCCOCCNC(=O)CCN7C(=O)C=CC7=O)c6)cc5)O[C@@]4(C(=O)CO)[C@@]3(C)C[C@H](O)[C@@]12F. The molecule has 3 amide bonds. The zero-order valence-corrected chi connectivity index (χ0v) is 48.3. The zero-order chi connectivity index (χ0) is 59.7. The summed E-state index contributed by atoms with van der Waals surface area (Å²) in [5, 5.41) is 24.9. The largest absolute Gasteiger partial charge is 0.390 e. The molecular weight excluding hydrogens is 1090 g/mol. The van der Waals surface area contributed by atoms with Gasteiger partial charge in [0.15, 0.2) is 23.3 Å². The van der Waals surface area contributed by atoms with Crippen LogP contribution in [0.25, 0.3) is 0 Å². The normalized spacial score (nSPS) is 28.5. The molecule has 84 heavy (non-hydrogen) atoms. The number of ketones is 2. The van der Waals surface area contributed by atoms with E-state index in [1.54, 1.807) is 32.1 Å². The molecule has 2 aromatic carbocycles. The van der Waals surface area contributed by atoms with E-state index in [0.29, 0.717) is 123 Å². The third-order valence-corrected chi connectivity index (χ3v) is 17.2. The maximum Gasteiger partial charge on any atom is 0.253 e. The van der Waals surface area contributed by atoms with Crippen LogP contribution in [0, 0.1) is 22.7 Å². The first-order valence-electron chi connectivity index (χ1n) is 29.2. The standard InChI is InChI=1S/C63H82F2N2O17/c1-43-13-16-60(2)51(35-43)52(64)39-50-49-40-55-63(54(71)42-68,61(49,3)41-53(70)62(50,60)65)84-59(83-55)47-9-7-44(8-10-47)36-45-5-4-6-46(37-45)38-48(69)15-19-75-21-23-77-25-27-79-29-31-81-33-34-82-32-30-80-28-26-78-24-22-76-20-17-66-56(72)14-18-67-57(73)11-12-58(67)74/h4-13,16,35,37,49-50,52-53,55,59,68,70H,1,14-15,17-34,36,38-42H2,2-3H3,(H,66,72)/t49-,50-,52-,53-,55+,59+,60-,61-,62-,63+/m0/s1. The van der Waals surface area contributed by atoms with Gasteiger partial charge in [-0.15, -0.1) is 0 Å². The highest BCUT2D eigenvalue weighted by atomic mass is 19.1. The Kier molecular flexibility index (Phi) is 23.4. The molecule has 460 valence electrons. The summed E-state index contributed by atoms with van der Waals surface area (Å²) in [5.74, 6) is -3.18. The van der Waals surface area contributed by atoms with Crippen molar-refractivity contribution >= 4 is 29.3 Å². The number of aliphatic hydroxyl groups excluding tert-OH is 2. The van der Waals surface area contributed by atoms with Gasteiger partial charge in [0.05, 0.1) is 118 Å². The molecule has 3 saturated carbocycles. The predicted octanol–water partition coefficient (Wildman–Crippen LogP) is 4.97. The zero-order valence-electron chi connectivity index (χ0n) is 48.3. The fourth-order valence-electron chi connectivity index (χ4n) is 13.0. The summed E-state index contributed by atoms with van der Waals surface area (Å²) in [6.07, 6.45) is 3.43. The van der Waals surface area contributed by atoms with E-state index in [4.69, 9.17) is 47.4 Å². The van der Waals surface area contributed by atoms with Gasteiger partial charge in [0.25, 0.3) is 11.8 Å². The number of hydrogen-bond donors (Lipinski definition) is 3. The Morgan fingerprint density at radius 3 is 1.87 bits per heavy atom. The number of rotatable bonds is 37. The van der Waals surface area contributed by atoms with E-state index in [9.17, 15) is 34.2 Å². The topological polar surface area (TPSA) is 233 Å². The smallest absolute Gasteiger partial charge is 0.253 e. The average molecular weight is 1180 g/mol.